The summed E-state index contributed by atoms with van der Waals surface area (Å²) in [4.78, 5) is 28.1. The number of carboxylic acid groups (broad SMARTS) is 1. The van der Waals surface area contributed by atoms with Crippen LogP contribution >= 0.6 is 0 Å². The molecule has 5 aliphatic carbocycles. The van der Waals surface area contributed by atoms with Crippen molar-refractivity contribution in [2.75, 3.05) is 13.2 Å². The van der Waals surface area contributed by atoms with Crippen LogP contribution in [0, 0.1) is 50.2 Å². The van der Waals surface area contributed by atoms with Crippen molar-refractivity contribution in [1.29, 1.82) is 0 Å². The zero-order chi connectivity index (χ0) is 41.8. The maximum atomic E-state index is 14.6. The molecule has 0 unspecified atom stereocenters. The monoisotopic (exact) mass is 810 g/mol. The molecule has 0 radical (unpaired) electrons. The quantitative estimate of drug-likeness (QED) is 0.100. The van der Waals surface area contributed by atoms with E-state index in [4.69, 9.17) is 18.9 Å². The first-order valence-corrected chi connectivity index (χ1v) is 21.0. The van der Waals surface area contributed by atoms with E-state index >= 15 is 0 Å². The molecule has 7 aliphatic rings. The zero-order valence-electron chi connectivity index (χ0n) is 34.1. The average Bonchev–Trinajstić information content (AvgIpc) is 3.16. The normalized spacial score (nSPS) is 53.3. The number of aliphatic hydroxyl groups excluding tert-OH is 8. The molecule has 6 fully saturated rings. The van der Waals surface area contributed by atoms with Gasteiger partial charge >= 0.3 is 11.9 Å². The number of aliphatic carboxylic acids is 1. The summed E-state index contributed by atoms with van der Waals surface area (Å²) in [7, 11) is 0. The maximum absolute atomic E-state index is 14.6. The first kappa shape index (κ1) is 43.3. The van der Waals surface area contributed by atoms with Gasteiger partial charge in [-0.1, -0.05) is 46.3 Å². The largest absolute Gasteiger partial charge is 0.481 e. The van der Waals surface area contributed by atoms with E-state index in [-0.39, 0.29) is 34.0 Å². The van der Waals surface area contributed by atoms with E-state index < -0.39 is 109 Å². The van der Waals surface area contributed by atoms with Gasteiger partial charge in [0.05, 0.1) is 30.1 Å². The van der Waals surface area contributed by atoms with Crippen molar-refractivity contribution in [3.05, 3.63) is 11.6 Å². The van der Waals surface area contributed by atoms with Crippen molar-refractivity contribution in [2.45, 2.75) is 173 Å². The standard InChI is InChI=1S/C42H66O15/c1-37(2)13-15-42(36(53)57-34-32(50)30(48)28(46)23(19-44)55-34)16-14-39(4)20(21(42)17-37)7-8-24-38(3)11-10-26(41(6,35(51)52)25(38)9-12-40(24,39)5)56-33-31(49)29(47)27(45)22(18-43)54-33/h7,21-34,43-50H,8-19H2,1-6H3,(H,51,52)/t21-,22+,23+,24+,25+,26-,27+,28+,29-,30-,31+,32+,33-,34-,38+,39+,40+,41-,42-/m0/s1. The molecule has 324 valence electrons. The summed E-state index contributed by atoms with van der Waals surface area (Å²) in [5.74, 6) is -1.98. The molecule has 57 heavy (non-hydrogen) atoms. The molecule has 15 nitrogen and oxygen atoms in total. The summed E-state index contributed by atoms with van der Waals surface area (Å²) in [6.07, 6.45) is -7.58. The number of carbonyl (C=O) groups excluding carboxylic acids is 1. The first-order chi connectivity index (χ1) is 26.6. The van der Waals surface area contributed by atoms with Crippen LogP contribution in [0.2, 0.25) is 0 Å². The summed E-state index contributed by atoms with van der Waals surface area (Å²) in [5, 5.41) is 93.7. The summed E-state index contributed by atoms with van der Waals surface area (Å²) in [6.45, 7) is 11.7. The van der Waals surface area contributed by atoms with Gasteiger partial charge in [-0.3, -0.25) is 9.59 Å². The van der Waals surface area contributed by atoms with Gasteiger partial charge in [0.1, 0.15) is 48.8 Å². The second-order valence-electron chi connectivity index (χ2n) is 20.4. The fraction of sp³-hybridized carbons (Fsp3) is 0.905. The van der Waals surface area contributed by atoms with Gasteiger partial charge in [0.15, 0.2) is 6.29 Å². The second-order valence-corrected chi connectivity index (χ2v) is 20.4. The van der Waals surface area contributed by atoms with Gasteiger partial charge in [0.25, 0.3) is 0 Å². The molecule has 19 atom stereocenters. The van der Waals surface area contributed by atoms with Crippen LogP contribution in [0.1, 0.15) is 106 Å². The highest BCUT2D eigenvalue weighted by Gasteiger charge is 2.71. The zero-order valence-corrected chi connectivity index (χ0v) is 34.1. The lowest BCUT2D eigenvalue weighted by molar-refractivity contribution is -0.329. The third kappa shape index (κ3) is 6.30. The molecule has 2 heterocycles. The van der Waals surface area contributed by atoms with Gasteiger partial charge in [-0.2, -0.15) is 0 Å². The number of fused-ring (bicyclic) bond motifs is 7. The van der Waals surface area contributed by atoms with Crippen molar-refractivity contribution < 1.29 is 74.5 Å². The van der Waals surface area contributed by atoms with E-state index in [0.717, 1.165) is 19.3 Å². The Labute approximate surface area is 334 Å². The number of rotatable bonds is 7. The molecule has 0 spiro atoms. The number of hydrogen-bond donors (Lipinski definition) is 9. The number of carbonyl (C=O) groups is 2. The molecular weight excluding hydrogens is 744 g/mol. The van der Waals surface area contributed by atoms with Gasteiger partial charge in [-0.15, -0.1) is 0 Å². The summed E-state index contributed by atoms with van der Waals surface area (Å²) < 4.78 is 23.5. The molecule has 4 saturated carbocycles. The van der Waals surface area contributed by atoms with Gasteiger partial charge in [0, 0.05) is 0 Å². The van der Waals surface area contributed by atoms with Crippen molar-refractivity contribution >= 4 is 11.9 Å². The van der Waals surface area contributed by atoms with Crippen molar-refractivity contribution in [3.8, 4) is 0 Å². The highest BCUT2D eigenvalue weighted by atomic mass is 16.7. The minimum Gasteiger partial charge on any atom is -0.481 e. The van der Waals surface area contributed by atoms with Crippen LogP contribution in [0.3, 0.4) is 0 Å². The third-order valence-electron chi connectivity index (χ3n) is 17.3. The predicted molar refractivity (Wildman–Crippen MR) is 200 cm³/mol. The molecule has 0 amide bonds. The minimum atomic E-state index is -1.70. The van der Waals surface area contributed by atoms with E-state index in [0.29, 0.717) is 44.9 Å². The van der Waals surface area contributed by atoms with E-state index in [2.05, 4.69) is 40.7 Å². The second kappa shape index (κ2) is 14.7. The minimum absolute atomic E-state index is 0.0783. The molecule has 0 bridgehead atoms. The van der Waals surface area contributed by atoms with E-state index in [1.807, 2.05) is 0 Å². The topological polar surface area (TPSA) is 253 Å². The maximum Gasteiger partial charge on any atom is 0.315 e. The highest BCUT2D eigenvalue weighted by Crippen LogP contribution is 2.76. The number of carboxylic acids is 1. The number of aliphatic hydroxyl groups is 8. The lowest BCUT2D eigenvalue weighted by atomic mass is 9.33. The van der Waals surface area contributed by atoms with Crippen LogP contribution < -0.4 is 0 Å². The number of allylic oxidation sites excluding steroid dienone is 2. The first-order valence-electron chi connectivity index (χ1n) is 21.0. The van der Waals surface area contributed by atoms with Gasteiger partial charge < -0.3 is 64.9 Å². The van der Waals surface area contributed by atoms with Crippen LogP contribution in [0.15, 0.2) is 11.6 Å². The Morgan fingerprint density at radius 1 is 0.719 bits per heavy atom. The van der Waals surface area contributed by atoms with Gasteiger partial charge in [-0.25, -0.2) is 0 Å². The smallest absolute Gasteiger partial charge is 0.315 e. The summed E-state index contributed by atoms with van der Waals surface area (Å²) in [5.41, 5.74) is -2.26. The Hall–Kier alpha value is -1.76. The fourth-order valence-corrected chi connectivity index (χ4v) is 13.5. The molecule has 15 heteroatoms. The Balaban J connectivity index is 1.19. The number of ether oxygens (including phenoxy) is 4. The van der Waals surface area contributed by atoms with Gasteiger partial charge in [0.2, 0.25) is 6.29 Å². The van der Waals surface area contributed by atoms with E-state index in [1.165, 1.54) is 5.57 Å². The van der Waals surface area contributed by atoms with Gasteiger partial charge in [-0.05, 0) is 111 Å². The molecule has 0 aromatic carbocycles. The average molecular weight is 811 g/mol. The summed E-state index contributed by atoms with van der Waals surface area (Å²) >= 11 is 0. The summed E-state index contributed by atoms with van der Waals surface area (Å²) in [6, 6.07) is 0. The Morgan fingerprint density at radius 2 is 1.30 bits per heavy atom. The predicted octanol–water partition coefficient (Wildman–Crippen LogP) is 1.38. The molecule has 2 aliphatic heterocycles. The van der Waals surface area contributed by atoms with Crippen LogP contribution in [-0.2, 0) is 28.5 Å². The van der Waals surface area contributed by atoms with Crippen LogP contribution in [0.4, 0.5) is 0 Å². The molecule has 0 aromatic heterocycles. The SMILES string of the molecule is CC1(C)CC[C@]2(C(=O)O[C@@H]3O[C@H](CO)[C@@H](O)[C@H](O)[C@H]3O)CC[C@]3(C)C(=CC[C@@H]4[C@@]5(C)CC[C@H](O[C@@H]6O[C@H](CO)[C@@H](O)[C@H](O)[C@H]6O)[C@@](C)(C(=O)O)[C@@H]5CC[C@]43C)[C@@H]2C1. The van der Waals surface area contributed by atoms with Crippen molar-refractivity contribution in [3.63, 3.8) is 0 Å². The molecular formula is C42H66O15. The Kier molecular flexibility index (Phi) is 11.2. The molecule has 9 N–H and O–H groups in total. The highest BCUT2D eigenvalue weighted by molar-refractivity contribution is 5.79. The lowest BCUT2D eigenvalue weighted by Crippen LogP contribution is -2.67. The van der Waals surface area contributed by atoms with Crippen LogP contribution in [-0.4, -0.2) is 139 Å². The lowest BCUT2D eigenvalue weighted by Gasteiger charge is -2.71. The molecule has 7 rings (SSSR count). The van der Waals surface area contributed by atoms with E-state index in [1.54, 1.807) is 6.92 Å². The number of esters is 1. The third-order valence-corrected chi connectivity index (χ3v) is 17.3. The van der Waals surface area contributed by atoms with Crippen molar-refractivity contribution in [2.24, 2.45) is 50.2 Å². The molecule has 2 saturated heterocycles. The number of hydrogen-bond acceptors (Lipinski definition) is 14. The van der Waals surface area contributed by atoms with Crippen LogP contribution in [0.5, 0.6) is 0 Å². The van der Waals surface area contributed by atoms with E-state index in [9.17, 15) is 55.5 Å². The Morgan fingerprint density at radius 3 is 1.89 bits per heavy atom. The molecule has 0 aromatic rings. The Bertz CT molecular complexity index is 1580. The van der Waals surface area contributed by atoms with Crippen LogP contribution in [0.25, 0.3) is 0 Å². The fourth-order valence-electron chi connectivity index (χ4n) is 13.5. The van der Waals surface area contributed by atoms with Crippen molar-refractivity contribution in [1.82, 2.24) is 0 Å².